The maximum atomic E-state index is 8.82. The van der Waals surface area contributed by atoms with Crippen molar-refractivity contribution in [1.82, 2.24) is 0 Å². The van der Waals surface area contributed by atoms with Crippen molar-refractivity contribution < 1.29 is 9.84 Å². The highest BCUT2D eigenvalue weighted by atomic mass is 16.5. The Morgan fingerprint density at radius 3 is 2.86 bits per heavy atom. The third kappa shape index (κ3) is 2.60. The Morgan fingerprint density at radius 2 is 2.29 bits per heavy atom. The van der Waals surface area contributed by atoms with Crippen LogP contribution >= 0.6 is 0 Å². The number of rotatable bonds is 5. The molecule has 0 fully saturated rings. The number of aliphatic hydroxyl groups is 1. The summed E-state index contributed by atoms with van der Waals surface area (Å²) in [6.07, 6.45) is 3.33. The van der Waals surface area contributed by atoms with Crippen molar-refractivity contribution in [2.24, 2.45) is 0 Å². The Balaban J connectivity index is 2.94. The SMILES string of the molecule is C=CCc1cc(CCO)ccc1OC. The zero-order valence-corrected chi connectivity index (χ0v) is 8.49. The summed E-state index contributed by atoms with van der Waals surface area (Å²) in [6, 6.07) is 5.96. The van der Waals surface area contributed by atoms with Gasteiger partial charge >= 0.3 is 0 Å². The molecule has 0 aromatic heterocycles. The number of hydrogen-bond donors (Lipinski definition) is 1. The van der Waals surface area contributed by atoms with Crippen LogP contribution in [0.2, 0.25) is 0 Å². The van der Waals surface area contributed by atoms with Gasteiger partial charge in [-0.05, 0) is 30.0 Å². The molecular formula is C12H16O2. The van der Waals surface area contributed by atoms with Crippen LogP contribution in [0.25, 0.3) is 0 Å². The molecule has 0 aliphatic rings. The van der Waals surface area contributed by atoms with E-state index in [1.54, 1.807) is 7.11 Å². The lowest BCUT2D eigenvalue weighted by Gasteiger charge is -2.08. The molecule has 0 unspecified atom stereocenters. The Kier molecular flexibility index (Phi) is 4.20. The molecule has 1 aromatic rings. The zero-order valence-electron chi connectivity index (χ0n) is 8.49. The van der Waals surface area contributed by atoms with Gasteiger partial charge in [0, 0.05) is 6.61 Å². The van der Waals surface area contributed by atoms with Gasteiger partial charge in [0.15, 0.2) is 0 Å². The second-order valence-corrected chi connectivity index (χ2v) is 3.11. The van der Waals surface area contributed by atoms with Crippen molar-refractivity contribution >= 4 is 0 Å². The van der Waals surface area contributed by atoms with Gasteiger partial charge in [-0.25, -0.2) is 0 Å². The second kappa shape index (κ2) is 5.45. The molecule has 0 heterocycles. The lowest BCUT2D eigenvalue weighted by atomic mass is 10.1. The van der Waals surface area contributed by atoms with E-state index in [0.717, 1.165) is 23.3 Å². The fourth-order valence-electron chi connectivity index (χ4n) is 1.43. The van der Waals surface area contributed by atoms with E-state index < -0.39 is 0 Å². The normalized spacial score (nSPS) is 9.86. The van der Waals surface area contributed by atoms with Crippen LogP contribution in [-0.4, -0.2) is 18.8 Å². The molecule has 0 radical (unpaired) electrons. The van der Waals surface area contributed by atoms with Crippen LogP contribution in [-0.2, 0) is 12.8 Å². The van der Waals surface area contributed by atoms with E-state index in [2.05, 4.69) is 12.6 Å². The highest BCUT2D eigenvalue weighted by Crippen LogP contribution is 2.20. The first kappa shape index (κ1) is 10.8. The monoisotopic (exact) mass is 192 g/mol. The highest BCUT2D eigenvalue weighted by molar-refractivity contribution is 5.38. The molecule has 76 valence electrons. The highest BCUT2D eigenvalue weighted by Gasteiger charge is 2.02. The van der Waals surface area contributed by atoms with Crippen LogP contribution < -0.4 is 4.74 Å². The van der Waals surface area contributed by atoms with Crippen LogP contribution in [0.3, 0.4) is 0 Å². The van der Waals surface area contributed by atoms with Crippen LogP contribution in [0.5, 0.6) is 5.75 Å². The summed E-state index contributed by atoms with van der Waals surface area (Å²) in [5.74, 6) is 0.881. The van der Waals surface area contributed by atoms with Crippen LogP contribution in [0.4, 0.5) is 0 Å². The van der Waals surface area contributed by atoms with E-state index in [1.807, 2.05) is 18.2 Å². The largest absolute Gasteiger partial charge is 0.496 e. The summed E-state index contributed by atoms with van der Waals surface area (Å²) in [5, 5.41) is 8.82. The minimum Gasteiger partial charge on any atom is -0.496 e. The third-order valence-corrected chi connectivity index (χ3v) is 2.11. The molecule has 0 amide bonds. The Bertz CT molecular complexity index is 305. The number of aliphatic hydroxyl groups excluding tert-OH is 1. The number of benzene rings is 1. The Labute approximate surface area is 84.8 Å². The zero-order chi connectivity index (χ0) is 10.4. The fraction of sp³-hybridized carbons (Fsp3) is 0.333. The van der Waals surface area contributed by atoms with E-state index in [1.165, 1.54) is 0 Å². The summed E-state index contributed by atoms with van der Waals surface area (Å²) in [7, 11) is 1.66. The lowest BCUT2D eigenvalue weighted by Crippen LogP contribution is -1.95. The second-order valence-electron chi connectivity index (χ2n) is 3.11. The minimum absolute atomic E-state index is 0.180. The number of ether oxygens (including phenoxy) is 1. The van der Waals surface area contributed by atoms with Gasteiger partial charge < -0.3 is 9.84 Å². The molecule has 0 spiro atoms. The average molecular weight is 192 g/mol. The van der Waals surface area contributed by atoms with E-state index >= 15 is 0 Å². The summed E-state index contributed by atoms with van der Waals surface area (Å²) in [4.78, 5) is 0. The summed E-state index contributed by atoms with van der Waals surface area (Å²) in [5.41, 5.74) is 2.25. The topological polar surface area (TPSA) is 29.5 Å². The van der Waals surface area contributed by atoms with E-state index in [0.29, 0.717) is 6.42 Å². The first-order valence-corrected chi connectivity index (χ1v) is 4.69. The van der Waals surface area contributed by atoms with E-state index in [4.69, 9.17) is 9.84 Å². The predicted octanol–water partition coefficient (Wildman–Crippen LogP) is 1.96. The summed E-state index contributed by atoms with van der Waals surface area (Å²) >= 11 is 0. The predicted molar refractivity (Wildman–Crippen MR) is 57.7 cm³/mol. The molecule has 0 aliphatic carbocycles. The minimum atomic E-state index is 0.180. The van der Waals surface area contributed by atoms with Crippen molar-refractivity contribution in [2.45, 2.75) is 12.8 Å². The molecule has 1 N–H and O–H groups in total. The summed E-state index contributed by atoms with van der Waals surface area (Å²) < 4.78 is 5.22. The van der Waals surface area contributed by atoms with Gasteiger partial charge in [0.05, 0.1) is 7.11 Å². The van der Waals surface area contributed by atoms with Crippen LogP contribution in [0.1, 0.15) is 11.1 Å². The van der Waals surface area contributed by atoms with E-state index in [-0.39, 0.29) is 6.61 Å². The summed E-state index contributed by atoms with van der Waals surface area (Å²) in [6.45, 7) is 3.88. The van der Waals surface area contributed by atoms with Gasteiger partial charge in [-0.3, -0.25) is 0 Å². The van der Waals surface area contributed by atoms with Gasteiger partial charge in [-0.2, -0.15) is 0 Å². The van der Waals surface area contributed by atoms with Gasteiger partial charge in [0.2, 0.25) is 0 Å². The molecule has 0 saturated heterocycles. The number of hydrogen-bond acceptors (Lipinski definition) is 2. The molecular weight excluding hydrogens is 176 g/mol. The molecule has 1 aromatic carbocycles. The fourth-order valence-corrected chi connectivity index (χ4v) is 1.43. The van der Waals surface area contributed by atoms with Gasteiger partial charge in [0.1, 0.15) is 5.75 Å². The molecule has 0 saturated carbocycles. The van der Waals surface area contributed by atoms with Crippen molar-refractivity contribution in [3.63, 3.8) is 0 Å². The van der Waals surface area contributed by atoms with Crippen LogP contribution in [0.15, 0.2) is 30.9 Å². The quantitative estimate of drug-likeness (QED) is 0.723. The molecule has 1 rings (SSSR count). The number of allylic oxidation sites excluding steroid dienone is 1. The molecule has 2 heteroatoms. The molecule has 0 bridgehead atoms. The lowest BCUT2D eigenvalue weighted by molar-refractivity contribution is 0.299. The Hall–Kier alpha value is -1.28. The van der Waals surface area contributed by atoms with Crippen molar-refractivity contribution in [2.75, 3.05) is 13.7 Å². The van der Waals surface area contributed by atoms with Gasteiger partial charge in [-0.1, -0.05) is 18.2 Å². The first-order valence-electron chi connectivity index (χ1n) is 4.69. The van der Waals surface area contributed by atoms with Crippen molar-refractivity contribution in [1.29, 1.82) is 0 Å². The van der Waals surface area contributed by atoms with Crippen molar-refractivity contribution in [3.05, 3.63) is 42.0 Å². The van der Waals surface area contributed by atoms with Crippen LogP contribution in [0, 0.1) is 0 Å². The molecule has 0 aliphatic heterocycles. The molecule has 0 atom stereocenters. The first-order chi connectivity index (χ1) is 6.81. The smallest absolute Gasteiger partial charge is 0.122 e. The standard InChI is InChI=1S/C12H16O2/c1-3-4-11-9-10(7-8-13)5-6-12(11)14-2/h3,5-6,9,13H,1,4,7-8H2,2H3. The average Bonchev–Trinajstić information content (AvgIpc) is 2.19. The maximum Gasteiger partial charge on any atom is 0.122 e. The molecule has 2 nitrogen and oxygen atoms in total. The van der Waals surface area contributed by atoms with Gasteiger partial charge in [0.25, 0.3) is 0 Å². The maximum absolute atomic E-state index is 8.82. The number of methoxy groups -OCH3 is 1. The van der Waals surface area contributed by atoms with Gasteiger partial charge in [-0.15, -0.1) is 6.58 Å². The van der Waals surface area contributed by atoms with Crippen molar-refractivity contribution in [3.8, 4) is 5.75 Å². The molecule has 14 heavy (non-hydrogen) atoms. The Morgan fingerprint density at radius 1 is 1.50 bits per heavy atom. The van der Waals surface area contributed by atoms with E-state index in [9.17, 15) is 0 Å². The third-order valence-electron chi connectivity index (χ3n) is 2.11.